The fourth-order valence-corrected chi connectivity index (χ4v) is 2.73. The average Bonchev–Trinajstić information content (AvgIpc) is 3.15. The number of anilines is 1. The van der Waals surface area contributed by atoms with Gasteiger partial charge in [0.1, 0.15) is 0 Å². The predicted octanol–water partition coefficient (Wildman–Crippen LogP) is 3.16. The summed E-state index contributed by atoms with van der Waals surface area (Å²) in [6.45, 7) is 3.29. The van der Waals surface area contributed by atoms with Gasteiger partial charge < -0.3 is 15.4 Å². The first kappa shape index (κ1) is 17.2. The van der Waals surface area contributed by atoms with Crippen LogP contribution in [0.4, 0.5) is 5.69 Å². The Hall–Kier alpha value is -2.66. The molecule has 0 aliphatic carbocycles. The molecule has 1 saturated heterocycles. The van der Waals surface area contributed by atoms with Crippen molar-refractivity contribution in [3.63, 3.8) is 0 Å². The van der Waals surface area contributed by atoms with Crippen LogP contribution < -0.4 is 10.6 Å². The summed E-state index contributed by atoms with van der Waals surface area (Å²) in [5.74, 6) is -0.351. The summed E-state index contributed by atoms with van der Waals surface area (Å²) in [6, 6.07) is 14.2. The van der Waals surface area contributed by atoms with Crippen molar-refractivity contribution in [1.82, 2.24) is 5.32 Å². The molecule has 1 aliphatic heterocycles. The molecule has 2 aromatic carbocycles. The average molecular weight is 338 g/mol. The molecule has 0 radical (unpaired) electrons. The van der Waals surface area contributed by atoms with E-state index < -0.39 is 0 Å². The summed E-state index contributed by atoms with van der Waals surface area (Å²) in [5.41, 5.74) is 2.92. The molecule has 5 heteroatoms. The molecule has 1 fully saturated rings. The van der Waals surface area contributed by atoms with E-state index in [1.807, 2.05) is 31.2 Å². The highest BCUT2D eigenvalue weighted by Crippen LogP contribution is 2.13. The molecule has 1 aliphatic rings. The number of ether oxygens (including phenoxy) is 1. The van der Waals surface area contributed by atoms with Crippen LogP contribution in [0.1, 0.15) is 39.1 Å². The SMILES string of the molecule is Cc1ccc(NC(=O)c2ccc(C(=O)NCC3CCCO3)cc2)cc1. The number of carbonyl (C=O) groups is 2. The standard InChI is InChI=1S/C20H22N2O3/c1-14-4-10-17(11-5-14)22-20(24)16-8-6-15(7-9-16)19(23)21-13-18-3-2-12-25-18/h4-11,18H,2-3,12-13H2,1H3,(H,21,23)(H,22,24). The number of benzene rings is 2. The van der Waals surface area contributed by atoms with Crippen LogP contribution in [0.5, 0.6) is 0 Å². The van der Waals surface area contributed by atoms with Gasteiger partial charge in [-0.3, -0.25) is 9.59 Å². The Morgan fingerprint density at radius 2 is 1.64 bits per heavy atom. The van der Waals surface area contributed by atoms with Gasteiger partial charge in [0.15, 0.2) is 0 Å². The van der Waals surface area contributed by atoms with Crippen LogP contribution in [-0.4, -0.2) is 31.1 Å². The fraction of sp³-hybridized carbons (Fsp3) is 0.300. The second-order valence-electron chi connectivity index (χ2n) is 6.24. The Labute approximate surface area is 147 Å². The van der Waals surface area contributed by atoms with Gasteiger partial charge in [-0.15, -0.1) is 0 Å². The van der Waals surface area contributed by atoms with E-state index in [2.05, 4.69) is 10.6 Å². The Bertz CT molecular complexity index is 733. The molecule has 1 heterocycles. The number of hydrogen-bond acceptors (Lipinski definition) is 3. The van der Waals surface area contributed by atoms with Gasteiger partial charge in [-0.05, 0) is 56.2 Å². The molecule has 5 nitrogen and oxygen atoms in total. The van der Waals surface area contributed by atoms with Crippen LogP contribution in [0.2, 0.25) is 0 Å². The van der Waals surface area contributed by atoms with Crippen molar-refractivity contribution in [2.24, 2.45) is 0 Å². The lowest BCUT2D eigenvalue weighted by Gasteiger charge is -2.11. The molecule has 0 bridgehead atoms. The molecule has 25 heavy (non-hydrogen) atoms. The molecule has 2 N–H and O–H groups in total. The van der Waals surface area contributed by atoms with Crippen molar-refractivity contribution in [3.8, 4) is 0 Å². The van der Waals surface area contributed by atoms with Crippen molar-refractivity contribution in [2.45, 2.75) is 25.9 Å². The molecular formula is C20H22N2O3. The van der Waals surface area contributed by atoms with Crippen molar-refractivity contribution < 1.29 is 14.3 Å². The Kier molecular flexibility index (Phi) is 5.46. The van der Waals surface area contributed by atoms with Crippen molar-refractivity contribution in [1.29, 1.82) is 0 Å². The quantitative estimate of drug-likeness (QED) is 0.880. The molecule has 0 saturated carbocycles. The number of aryl methyl sites for hydroxylation is 1. The maximum absolute atomic E-state index is 12.3. The zero-order valence-electron chi connectivity index (χ0n) is 14.2. The zero-order valence-corrected chi connectivity index (χ0v) is 14.2. The lowest BCUT2D eigenvalue weighted by molar-refractivity contribution is 0.0857. The highest BCUT2D eigenvalue weighted by molar-refractivity contribution is 6.05. The van der Waals surface area contributed by atoms with E-state index >= 15 is 0 Å². The fourth-order valence-electron chi connectivity index (χ4n) is 2.73. The summed E-state index contributed by atoms with van der Waals surface area (Å²) in [5, 5.41) is 5.71. The minimum absolute atomic E-state index is 0.114. The first-order chi connectivity index (χ1) is 12.1. The molecule has 3 rings (SSSR count). The van der Waals surface area contributed by atoms with Gasteiger partial charge in [-0.25, -0.2) is 0 Å². The van der Waals surface area contributed by atoms with Gasteiger partial charge in [0.2, 0.25) is 0 Å². The Morgan fingerprint density at radius 3 is 2.24 bits per heavy atom. The van der Waals surface area contributed by atoms with Crippen LogP contribution in [0.3, 0.4) is 0 Å². The maximum atomic E-state index is 12.3. The summed E-state index contributed by atoms with van der Waals surface area (Å²) >= 11 is 0. The normalized spacial score (nSPS) is 16.4. The Morgan fingerprint density at radius 1 is 1.00 bits per heavy atom. The predicted molar refractivity (Wildman–Crippen MR) is 96.9 cm³/mol. The lowest BCUT2D eigenvalue weighted by Crippen LogP contribution is -2.31. The van der Waals surface area contributed by atoms with Crippen molar-refractivity contribution >= 4 is 17.5 Å². The highest BCUT2D eigenvalue weighted by Gasteiger charge is 2.16. The number of carbonyl (C=O) groups excluding carboxylic acids is 2. The van der Waals surface area contributed by atoms with Crippen LogP contribution in [0, 0.1) is 6.92 Å². The van der Waals surface area contributed by atoms with E-state index in [9.17, 15) is 9.59 Å². The number of hydrogen-bond donors (Lipinski definition) is 2. The second-order valence-corrected chi connectivity index (χ2v) is 6.24. The van der Waals surface area contributed by atoms with Gasteiger partial charge in [0, 0.05) is 30.0 Å². The molecular weight excluding hydrogens is 316 g/mol. The van der Waals surface area contributed by atoms with E-state index in [0.29, 0.717) is 17.7 Å². The summed E-state index contributed by atoms with van der Waals surface area (Å²) in [6.07, 6.45) is 2.15. The van der Waals surface area contributed by atoms with Gasteiger partial charge in [0.05, 0.1) is 6.10 Å². The first-order valence-electron chi connectivity index (χ1n) is 8.50. The van der Waals surface area contributed by atoms with Crippen molar-refractivity contribution in [2.75, 3.05) is 18.5 Å². The molecule has 0 aromatic heterocycles. The van der Waals surface area contributed by atoms with Crippen LogP contribution >= 0.6 is 0 Å². The highest BCUT2D eigenvalue weighted by atomic mass is 16.5. The van der Waals surface area contributed by atoms with E-state index in [0.717, 1.165) is 30.7 Å². The maximum Gasteiger partial charge on any atom is 0.255 e. The number of nitrogens with one attached hydrogen (secondary N) is 2. The van der Waals surface area contributed by atoms with Crippen molar-refractivity contribution in [3.05, 3.63) is 65.2 Å². The van der Waals surface area contributed by atoms with E-state index in [4.69, 9.17) is 4.74 Å². The van der Waals surface area contributed by atoms with Crippen LogP contribution in [0.25, 0.3) is 0 Å². The summed E-state index contributed by atoms with van der Waals surface area (Å²) in [7, 11) is 0. The first-order valence-corrected chi connectivity index (χ1v) is 8.50. The van der Waals surface area contributed by atoms with E-state index in [1.165, 1.54) is 0 Å². The minimum atomic E-state index is -0.199. The topological polar surface area (TPSA) is 67.4 Å². The summed E-state index contributed by atoms with van der Waals surface area (Å²) in [4.78, 5) is 24.4. The number of amides is 2. The van der Waals surface area contributed by atoms with E-state index in [1.54, 1.807) is 24.3 Å². The smallest absolute Gasteiger partial charge is 0.255 e. The van der Waals surface area contributed by atoms with Gasteiger partial charge in [0.25, 0.3) is 11.8 Å². The molecule has 130 valence electrons. The largest absolute Gasteiger partial charge is 0.376 e. The third kappa shape index (κ3) is 4.67. The monoisotopic (exact) mass is 338 g/mol. The Balaban J connectivity index is 1.56. The molecule has 1 atom stereocenters. The molecule has 2 aromatic rings. The van der Waals surface area contributed by atoms with Crippen LogP contribution in [0.15, 0.2) is 48.5 Å². The van der Waals surface area contributed by atoms with Gasteiger partial charge in [-0.1, -0.05) is 17.7 Å². The summed E-state index contributed by atoms with van der Waals surface area (Å²) < 4.78 is 5.49. The van der Waals surface area contributed by atoms with E-state index in [-0.39, 0.29) is 17.9 Å². The van der Waals surface area contributed by atoms with Gasteiger partial charge in [-0.2, -0.15) is 0 Å². The minimum Gasteiger partial charge on any atom is -0.376 e. The molecule has 1 unspecified atom stereocenters. The zero-order chi connectivity index (χ0) is 17.6. The van der Waals surface area contributed by atoms with Crippen LogP contribution in [-0.2, 0) is 4.74 Å². The molecule has 0 spiro atoms. The van der Waals surface area contributed by atoms with Gasteiger partial charge >= 0.3 is 0 Å². The molecule has 2 amide bonds. The lowest BCUT2D eigenvalue weighted by atomic mass is 10.1. The number of rotatable bonds is 5. The third-order valence-electron chi connectivity index (χ3n) is 4.23. The second kappa shape index (κ2) is 7.94. The third-order valence-corrected chi connectivity index (χ3v) is 4.23.